The van der Waals surface area contributed by atoms with Gasteiger partial charge in [0.25, 0.3) is 5.91 Å². The van der Waals surface area contributed by atoms with Gasteiger partial charge in [0, 0.05) is 22.6 Å². The Morgan fingerprint density at radius 2 is 1.70 bits per heavy atom. The summed E-state index contributed by atoms with van der Waals surface area (Å²) in [7, 11) is 0. The normalized spacial score (nSPS) is 14.2. The Hall–Kier alpha value is -4.39. The first-order valence-corrected chi connectivity index (χ1v) is 12.7. The molecule has 1 aliphatic rings. The quantitative estimate of drug-likeness (QED) is 0.258. The molecule has 37 heavy (non-hydrogen) atoms. The van der Waals surface area contributed by atoms with Crippen molar-refractivity contribution < 1.29 is 13.7 Å². The maximum absolute atomic E-state index is 13.4. The number of carbonyl (C=O) groups excluding carboxylic acids is 1. The average molecular weight is 494 g/mol. The number of aromatic nitrogens is 1. The zero-order valence-electron chi connectivity index (χ0n) is 20.5. The Morgan fingerprint density at radius 1 is 0.919 bits per heavy atom. The molecule has 0 aliphatic heterocycles. The van der Waals surface area contributed by atoms with E-state index in [0.717, 1.165) is 47.6 Å². The summed E-state index contributed by atoms with van der Waals surface area (Å²) in [6.07, 6.45) is 5.54. The molecular formula is C30H27N3O4. The molecule has 1 aliphatic carbocycles. The Kier molecular flexibility index (Phi) is 5.96. The van der Waals surface area contributed by atoms with Gasteiger partial charge < -0.3 is 19.6 Å². The summed E-state index contributed by atoms with van der Waals surface area (Å²) in [6.45, 7) is 2.02. The maximum atomic E-state index is 13.4. The van der Waals surface area contributed by atoms with Crippen molar-refractivity contribution in [1.82, 2.24) is 5.16 Å². The number of hydrogen-bond donors (Lipinski definition) is 2. The predicted molar refractivity (Wildman–Crippen MR) is 145 cm³/mol. The Balaban J connectivity index is 1.37. The fourth-order valence-electron chi connectivity index (χ4n) is 5.05. The number of nitrogens with one attached hydrogen (secondary N) is 2. The molecule has 0 spiro atoms. The first-order chi connectivity index (χ1) is 18.1. The monoisotopic (exact) mass is 493 g/mol. The van der Waals surface area contributed by atoms with E-state index in [9.17, 15) is 9.59 Å². The van der Waals surface area contributed by atoms with Crippen molar-refractivity contribution in [2.75, 3.05) is 10.6 Å². The van der Waals surface area contributed by atoms with Crippen LogP contribution in [0, 0.1) is 6.92 Å². The second kappa shape index (κ2) is 9.58. The minimum atomic E-state index is -0.586. The molecular weight excluding hydrogens is 466 g/mol. The summed E-state index contributed by atoms with van der Waals surface area (Å²) in [5, 5.41) is 12.0. The zero-order chi connectivity index (χ0) is 25.4. The highest BCUT2D eigenvalue weighted by Gasteiger charge is 2.22. The number of amides is 1. The number of rotatable bonds is 5. The number of nitrogens with zero attached hydrogens (tertiary/aromatic N) is 1. The predicted octanol–water partition coefficient (Wildman–Crippen LogP) is 6.91. The average Bonchev–Trinajstić information content (AvgIpc) is 3.35. The lowest BCUT2D eigenvalue weighted by molar-refractivity contribution is 0.102. The standard InChI is InChI=1S/C30H27N3O4/c1-18-11-13-19(14-12-18)28-23-17-20(15-16-24(23)33-37-28)29(34)32-27-26(31-21-7-3-2-4-8-21)22-9-5-6-10-25(22)36-30(27)35/h5-6,9-17,21,31H,2-4,7-8H2,1H3,(H,32,34). The minimum Gasteiger partial charge on any atom is -0.421 e. The molecule has 5 aromatic rings. The summed E-state index contributed by atoms with van der Waals surface area (Å²) in [6, 6.07) is 20.7. The van der Waals surface area contributed by atoms with E-state index in [-0.39, 0.29) is 11.7 Å². The molecule has 1 fully saturated rings. The SMILES string of the molecule is Cc1ccc(-c2onc3ccc(C(=O)Nc4c(NC5CCCCC5)c5ccccc5oc4=O)cc23)cc1. The molecule has 3 aromatic carbocycles. The number of anilines is 2. The number of benzene rings is 3. The highest BCUT2D eigenvalue weighted by atomic mass is 16.5. The lowest BCUT2D eigenvalue weighted by atomic mass is 9.95. The van der Waals surface area contributed by atoms with Gasteiger partial charge in [-0.1, -0.05) is 66.4 Å². The largest absolute Gasteiger partial charge is 0.421 e. The van der Waals surface area contributed by atoms with Crippen LogP contribution >= 0.6 is 0 Å². The van der Waals surface area contributed by atoms with E-state index >= 15 is 0 Å². The van der Waals surface area contributed by atoms with Crippen LogP contribution in [0.2, 0.25) is 0 Å². The van der Waals surface area contributed by atoms with Crippen molar-refractivity contribution in [2.24, 2.45) is 0 Å². The summed E-state index contributed by atoms with van der Waals surface area (Å²) < 4.78 is 11.2. The fraction of sp³-hybridized carbons (Fsp3) is 0.233. The van der Waals surface area contributed by atoms with Crippen LogP contribution < -0.4 is 16.3 Å². The topological polar surface area (TPSA) is 97.4 Å². The molecule has 0 bridgehead atoms. The lowest BCUT2D eigenvalue weighted by Crippen LogP contribution is -2.26. The van der Waals surface area contributed by atoms with E-state index < -0.39 is 11.5 Å². The van der Waals surface area contributed by atoms with E-state index in [1.54, 1.807) is 24.3 Å². The number of carbonyl (C=O) groups is 1. The molecule has 7 heteroatoms. The summed E-state index contributed by atoms with van der Waals surface area (Å²) in [5.74, 6) is 0.182. The summed E-state index contributed by atoms with van der Waals surface area (Å²) in [5.41, 5.74) is 3.68. The molecule has 1 amide bonds. The molecule has 2 heterocycles. The molecule has 1 saturated carbocycles. The van der Waals surface area contributed by atoms with Crippen LogP contribution in [0.25, 0.3) is 33.2 Å². The molecule has 0 unspecified atom stereocenters. The second-order valence-electron chi connectivity index (χ2n) is 9.68. The van der Waals surface area contributed by atoms with E-state index in [0.29, 0.717) is 28.1 Å². The van der Waals surface area contributed by atoms with Gasteiger partial charge in [-0.15, -0.1) is 0 Å². The van der Waals surface area contributed by atoms with Gasteiger partial charge in [0.05, 0.1) is 11.1 Å². The van der Waals surface area contributed by atoms with E-state index in [1.165, 1.54) is 6.42 Å². The van der Waals surface area contributed by atoms with Crippen LogP contribution in [0.1, 0.15) is 48.0 Å². The molecule has 0 atom stereocenters. The third-order valence-corrected chi connectivity index (χ3v) is 7.06. The minimum absolute atomic E-state index is 0.124. The first-order valence-electron chi connectivity index (χ1n) is 12.7. The molecule has 6 rings (SSSR count). The maximum Gasteiger partial charge on any atom is 0.362 e. The van der Waals surface area contributed by atoms with Gasteiger partial charge in [-0.25, -0.2) is 4.79 Å². The lowest BCUT2D eigenvalue weighted by Gasteiger charge is -2.25. The van der Waals surface area contributed by atoms with Crippen LogP contribution in [-0.4, -0.2) is 17.1 Å². The van der Waals surface area contributed by atoms with Gasteiger partial charge in [0.2, 0.25) is 0 Å². The summed E-state index contributed by atoms with van der Waals surface area (Å²) in [4.78, 5) is 26.5. The van der Waals surface area contributed by atoms with Gasteiger partial charge in [-0.3, -0.25) is 4.79 Å². The highest BCUT2D eigenvalue weighted by molar-refractivity contribution is 6.10. The van der Waals surface area contributed by atoms with Crippen molar-refractivity contribution in [3.05, 3.63) is 88.3 Å². The van der Waals surface area contributed by atoms with Crippen molar-refractivity contribution in [1.29, 1.82) is 0 Å². The molecule has 0 saturated heterocycles. The van der Waals surface area contributed by atoms with E-state index in [2.05, 4.69) is 15.8 Å². The smallest absolute Gasteiger partial charge is 0.362 e. The van der Waals surface area contributed by atoms with E-state index in [4.69, 9.17) is 8.94 Å². The van der Waals surface area contributed by atoms with Gasteiger partial charge in [0.15, 0.2) is 11.4 Å². The van der Waals surface area contributed by atoms with Crippen molar-refractivity contribution in [2.45, 2.75) is 45.1 Å². The number of para-hydroxylation sites is 1. The number of hydrogen-bond acceptors (Lipinski definition) is 6. The van der Waals surface area contributed by atoms with Crippen molar-refractivity contribution in [3.63, 3.8) is 0 Å². The number of fused-ring (bicyclic) bond motifs is 2. The van der Waals surface area contributed by atoms with E-state index in [1.807, 2.05) is 49.4 Å². The van der Waals surface area contributed by atoms with Crippen molar-refractivity contribution in [3.8, 4) is 11.3 Å². The van der Waals surface area contributed by atoms with Gasteiger partial charge in [0.1, 0.15) is 11.1 Å². The molecule has 7 nitrogen and oxygen atoms in total. The Morgan fingerprint density at radius 3 is 2.51 bits per heavy atom. The molecule has 0 radical (unpaired) electrons. The van der Waals surface area contributed by atoms with Crippen LogP contribution in [-0.2, 0) is 0 Å². The fourth-order valence-corrected chi connectivity index (χ4v) is 5.05. The molecule has 186 valence electrons. The third-order valence-electron chi connectivity index (χ3n) is 7.06. The Labute approximate surface area is 213 Å². The molecule has 2 N–H and O–H groups in total. The van der Waals surface area contributed by atoms with Crippen LogP contribution in [0.3, 0.4) is 0 Å². The Bertz CT molecular complexity index is 1660. The first kappa shape index (κ1) is 23.0. The van der Waals surface area contributed by atoms with Gasteiger partial charge >= 0.3 is 5.63 Å². The molecule has 2 aromatic heterocycles. The highest BCUT2D eigenvalue weighted by Crippen LogP contribution is 2.33. The van der Waals surface area contributed by atoms with Gasteiger partial charge in [-0.2, -0.15) is 0 Å². The zero-order valence-corrected chi connectivity index (χ0v) is 20.5. The summed E-state index contributed by atoms with van der Waals surface area (Å²) >= 11 is 0. The third kappa shape index (κ3) is 4.48. The van der Waals surface area contributed by atoms with Crippen LogP contribution in [0.15, 0.2) is 80.5 Å². The van der Waals surface area contributed by atoms with Crippen LogP contribution in [0.5, 0.6) is 0 Å². The number of aryl methyl sites for hydroxylation is 1. The van der Waals surface area contributed by atoms with Gasteiger partial charge in [-0.05, 0) is 50.1 Å². The van der Waals surface area contributed by atoms with Crippen molar-refractivity contribution >= 4 is 39.2 Å². The van der Waals surface area contributed by atoms with Crippen LogP contribution in [0.4, 0.5) is 11.4 Å². The second-order valence-corrected chi connectivity index (χ2v) is 9.68.